The first-order valence-electron chi connectivity index (χ1n) is 7.91. The maximum atomic E-state index is 13.1. The van der Waals surface area contributed by atoms with Crippen LogP contribution in [0.4, 0.5) is 5.69 Å². The van der Waals surface area contributed by atoms with Crippen LogP contribution >= 0.6 is 0 Å². The summed E-state index contributed by atoms with van der Waals surface area (Å²) in [7, 11) is 0. The van der Waals surface area contributed by atoms with Crippen molar-refractivity contribution in [2.24, 2.45) is 0 Å². The van der Waals surface area contributed by atoms with Gasteiger partial charge < -0.3 is 5.11 Å². The van der Waals surface area contributed by atoms with Gasteiger partial charge in [-0.25, -0.2) is 9.00 Å². The van der Waals surface area contributed by atoms with E-state index in [0.717, 1.165) is 0 Å². The van der Waals surface area contributed by atoms with Crippen LogP contribution in [-0.2, 0) is 17.7 Å². The second-order valence-corrected chi connectivity index (χ2v) is 6.73. The van der Waals surface area contributed by atoms with Gasteiger partial charge >= 0.3 is 5.97 Å². The van der Waals surface area contributed by atoms with Gasteiger partial charge in [0.15, 0.2) is 11.6 Å². The summed E-state index contributed by atoms with van der Waals surface area (Å²) in [6.45, 7) is 1.55. The average molecular weight is 385 g/mol. The Morgan fingerprint density at radius 2 is 1.81 bits per heavy atom. The van der Waals surface area contributed by atoms with Crippen molar-refractivity contribution in [1.82, 2.24) is 0 Å². The van der Waals surface area contributed by atoms with Crippen molar-refractivity contribution in [1.29, 1.82) is 0 Å². The number of carbonyl (C=O) groups excluding carboxylic acids is 2. The summed E-state index contributed by atoms with van der Waals surface area (Å²) in [6, 6.07) is 10.6. The number of fused-ring (bicyclic) bond motifs is 1. The lowest BCUT2D eigenvalue weighted by molar-refractivity contribution is 0.0696. The molecular formula is C19H15NO6S. The van der Waals surface area contributed by atoms with E-state index in [2.05, 4.69) is 4.72 Å². The molecule has 1 unspecified atom stereocenters. The van der Waals surface area contributed by atoms with Crippen LogP contribution in [0.3, 0.4) is 0 Å². The Bertz CT molecular complexity index is 1040. The minimum atomic E-state index is -2.40. The Labute approximate surface area is 157 Å². The van der Waals surface area contributed by atoms with Gasteiger partial charge in [0, 0.05) is 23.1 Å². The van der Waals surface area contributed by atoms with Crippen LogP contribution in [0.15, 0.2) is 53.6 Å². The van der Waals surface area contributed by atoms with E-state index in [9.17, 15) is 18.6 Å². The molecule has 0 aliphatic heterocycles. The van der Waals surface area contributed by atoms with Crippen LogP contribution in [-0.4, -0.2) is 31.4 Å². The zero-order valence-corrected chi connectivity index (χ0v) is 15.0. The molecule has 0 spiro atoms. The Balaban J connectivity index is 2.06. The van der Waals surface area contributed by atoms with Gasteiger partial charge in [0.25, 0.3) is 11.3 Å². The lowest BCUT2D eigenvalue weighted by Crippen LogP contribution is -2.24. The minimum absolute atomic E-state index is 0.0416. The summed E-state index contributed by atoms with van der Waals surface area (Å²) in [5.41, 5.74) is 1.46. The third-order valence-electron chi connectivity index (χ3n) is 4.36. The molecule has 2 aromatic carbocycles. The van der Waals surface area contributed by atoms with E-state index >= 15 is 0 Å². The molecule has 3 N–H and O–H groups in total. The van der Waals surface area contributed by atoms with Gasteiger partial charge in [-0.3, -0.25) is 18.9 Å². The van der Waals surface area contributed by atoms with Gasteiger partial charge in [-0.1, -0.05) is 24.3 Å². The number of hydrogen-bond acceptors (Lipinski definition) is 4. The zero-order chi connectivity index (χ0) is 19.7. The first kappa shape index (κ1) is 18.7. The van der Waals surface area contributed by atoms with Gasteiger partial charge in [-0.05, 0) is 30.7 Å². The molecule has 138 valence electrons. The largest absolute Gasteiger partial charge is 0.478 e. The topological polar surface area (TPSA) is 121 Å². The van der Waals surface area contributed by atoms with Crippen molar-refractivity contribution in [2.75, 3.05) is 4.72 Å². The number of benzene rings is 2. The zero-order valence-electron chi connectivity index (χ0n) is 14.2. The molecule has 1 aliphatic carbocycles. The number of Topliss-reactive ketones (excluding diaryl/α,β-unsaturated/α-hetero) is 2. The van der Waals surface area contributed by atoms with Crippen LogP contribution in [0.5, 0.6) is 0 Å². The number of carboxylic acids is 1. The van der Waals surface area contributed by atoms with Crippen LogP contribution in [0.2, 0.25) is 0 Å². The molecule has 0 aromatic heterocycles. The van der Waals surface area contributed by atoms with Gasteiger partial charge in [0.05, 0.1) is 16.8 Å². The molecule has 0 saturated carbocycles. The summed E-state index contributed by atoms with van der Waals surface area (Å²) in [5, 5.41) is 9.12. The molecule has 1 aliphatic rings. The Morgan fingerprint density at radius 3 is 2.48 bits per heavy atom. The molecule has 0 bridgehead atoms. The first-order chi connectivity index (χ1) is 12.8. The maximum Gasteiger partial charge on any atom is 0.335 e. The van der Waals surface area contributed by atoms with E-state index in [1.165, 1.54) is 30.3 Å². The van der Waals surface area contributed by atoms with Crippen LogP contribution < -0.4 is 4.72 Å². The second-order valence-electron chi connectivity index (χ2n) is 6.02. The molecule has 0 fully saturated rings. The van der Waals surface area contributed by atoms with Gasteiger partial charge in [-0.15, -0.1) is 0 Å². The molecule has 3 rings (SSSR count). The fourth-order valence-electron chi connectivity index (χ4n) is 3.06. The molecule has 2 aromatic rings. The molecule has 7 nitrogen and oxygen atoms in total. The molecular weight excluding hydrogens is 370 g/mol. The number of nitrogens with one attached hydrogen (secondary N) is 1. The fourth-order valence-corrected chi connectivity index (χ4v) is 3.42. The van der Waals surface area contributed by atoms with E-state index in [4.69, 9.17) is 9.66 Å². The molecule has 0 radical (unpaired) electrons. The number of anilines is 1. The number of carbonyl (C=O) groups is 3. The average Bonchev–Trinajstić information content (AvgIpc) is 2.63. The summed E-state index contributed by atoms with van der Waals surface area (Å²) in [6.07, 6.45) is 0.0769. The lowest BCUT2D eigenvalue weighted by atomic mass is 9.81. The third kappa shape index (κ3) is 3.57. The van der Waals surface area contributed by atoms with Crippen molar-refractivity contribution < 1.29 is 28.3 Å². The van der Waals surface area contributed by atoms with Gasteiger partial charge in [-0.2, -0.15) is 0 Å². The number of rotatable bonds is 5. The van der Waals surface area contributed by atoms with Crippen molar-refractivity contribution >= 4 is 34.5 Å². The predicted octanol–water partition coefficient (Wildman–Crippen LogP) is 2.87. The number of carboxylic acid groups (broad SMARTS) is 1. The highest BCUT2D eigenvalue weighted by atomic mass is 32.2. The van der Waals surface area contributed by atoms with Crippen molar-refractivity contribution in [3.8, 4) is 0 Å². The Kier molecular flexibility index (Phi) is 5.02. The molecule has 27 heavy (non-hydrogen) atoms. The first-order valence-corrected chi connectivity index (χ1v) is 9.02. The van der Waals surface area contributed by atoms with Gasteiger partial charge in [0.1, 0.15) is 0 Å². The normalized spacial score (nSPS) is 14.7. The van der Waals surface area contributed by atoms with E-state index in [-0.39, 0.29) is 45.7 Å². The van der Waals surface area contributed by atoms with Crippen LogP contribution in [0, 0.1) is 0 Å². The van der Waals surface area contributed by atoms with E-state index in [0.29, 0.717) is 5.56 Å². The lowest BCUT2D eigenvalue weighted by Gasteiger charge is -2.21. The minimum Gasteiger partial charge on any atom is -0.478 e. The molecule has 8 heteroatoms. The van der Waals surface area contributed by atoms with Crippen molar-refractivity contribution in [3.63, 3.8) is 0 Å². The smallest absolute Gasteiger partial charge is 0.335 e. The predicted molar refractivity (Wildman–Crippen MR) is 99.3 cm³/mol. The Hall–Kier alpha value is -3.10. The number of hydrogen-bond donors (Lipinski definition) is 3. The number of ketones is 2. The van der Waals surface area contributed by atoms with E-state index < -0.39 is 23.0 Å². The van der Waals surface area contributed by atoms with Crippen molar-refractivity contribution in [3.05, 3.63) is 75.9 Å². The van der Waals surface area contributed by atoms with Crippen LogP contribution in [0.25, 0.3) is 0 Å². The number of aromatic carboxylic acids is 1. The molecule has 0 heterocycles. The maximum absolute atomic E-state index is 13.1. The monoisotopic (exact) mass is 385 g/mol. The highest BCUT2D eigenvalue weighted by molar-refractivity contribution is 7.80. The van der Waals surface area contributed by atoms with Gasteiger partial charge in [0.2, 0.25) is 0 Å². The van der Waals surface area contributed by atoms with Crippen molar-refractivity contribution in [2.45, 2.75) is 13.3 Å². The number of allylic oxidation sites excluding steroid dienone is 2. The van der Waals surface area contributed by atoms with Crippen LogP contribution in [0.1, 0.15) is 43.6 Å². The third-order valence-corrected chi connectivity index (χ3v) is 4.75. The quantitative estimate of drug-likeness (QED) is 0.681. The highest BCUT2D eigenvalue weighted by Crippen LogP contribution is 2.33. The van der Waals surface area contributed by atoms with E-state index in [1.807, 2.05) is 0 Å². The standard InChI is InChI=1S/C19H15NO6S/c1-10-14(9-11-4-2-5-12(8-11)19(23)24)18(22)16-13(17(10)21)6-3-7-15(16)20-27(25)26/h2-8,20H,9H2,1H3,(H,23,24)(H,25,26). The second kappa shape index (κ2) is 7.26. The molecule has 1 atom stereocenters. The summed E-state index contributed by atoms with van der Waals surface area (Å²) >= 11 is -2.40. The SMILES string of the molecule is CC1=C(Cc2cccc(C(=O)O)c2)C(=O)c2c(NS(=O)O)cccc2C1=O. The molecule has 0 saturated heterocycles. The summed E-state index contributed by atoms with van der Waals surface area (Å²) in [5.74, 6) is -1.87. The fraction of sp³-hybridized carbons (Fsp3) is 0.105. The summed E-state index contributed by atoms with van der Waals surface area (Å²) in [4.78, 5) is 36.9. The summed E-state index contributed by atoms with van der Waals surface area (Å²) < 4.78 is 22.5. The Morgan fingerprint density at radius 1 is 1.11 bits per heavy atom. The molecule has 0 amide bonds. The highest BCUT2D eigenvalue weighted by Gasteiger charge is 2.32. The van der Waals surface area contributed by atoms with E-state index in [1.54, 1.807) is 19.1 Å².